The summed E-state index contributed by atoms with van der Waals surface area (Å²) in [4.78, 5) is 16.5. The number of anilines is 1. The fourth-order valence-corrected chi connectivity index (χ4v) is 2.23. The van der Waals surface area contributed by atoms with Gasteiger partial charge in [0.05, 0.1) is 6.54 Å². The largest absolute Gasteiger partial charge is 0.357 e. The molecule has 7 heteroatoms. The van der Waals surface area contributed by atoms with E-state index in [1.54, 1.807) is 0 Å². The number of nitrogens with zero attached hydrogens (tertiary/aromatic N) is 1. The van der Waals surface area contributed by atoms with Crippen molar-refractivity contribution in [2.24, 2.45) is 4.99 Å². The van der Waals surface area contributed by atoms with Crippen molar-refractivity contribution < 1.29 is 4.79 Å². The van der Waals surface area contributed by atoms with Crippen LogP contribution in [0.5, 0.6) is 0 Å². The minimum Gasteiger partial charge on any atom is -0.357 e. The monoisotopic (exact) mass is 510 g/mol. The summed E-state index contributed by atoms with van der Waals surface area (Å²) in [5.74, 6) is 0.688. The molecule has 0 fully saturated rings. The van der Waals surface area contributed by atoms with Gasteiger partial charge in [0.1, 0.15) is 0 Å². The van der Waals surface area contributed by atoms with E-state index in [2.05, 4.69) is 57.6 Å². The van der Waals surface area contributed by atoms with Crippen LogP contribution in [0.4, 0.5) is 5.69 Å². The highest BCUT2D eigenvalue weighted by atomic mass is 127. The third kappa shape index (κ3) is 9.46. The quantitative estimate of drug-likeness (QED) is 0.318. The Balaban J connectivity index is 0.00000529. The second-order valence-corrected chi connectivity index (χ2v) is 7.31. The maximum atomic E-state index is 12.1. The van der Waals surface area contributed by atoms with Gasteiger partial charge in [-0.05, 0) is 52.3 Å². The molecule has 0 saturated carbocycles. The van der Waals surface area contributed by atoms with Crippen molar-refractivity contribution >= 4 is 57.5 Å². The second-order valence-electron chi connectivity index (χ2n) is 6.39. The Morgan fingerprint density at radius 3 is 2.54 bits per heavy atom. The van der Waals surface area contributed by atoms with E-state index in [4.69, 9.17) is 0 Å². The molecule has 0 heterocycles. The van der Waals surface area contributed by atoms with Gasteiger partial charge in [-0.1, -0.05) is 22.0 Å². The molecule has 24 heavy (non-hydrogen) atoms. The first-order chi connectivity index (χ1) is 10.7. The Kier molecular flexibility index (Phi) is 10.5. The average molecular weight is 511 g/mol. The number of rotatable bonds is 5. The third-order valence-corrected chi connectivity index (χ3v) is 3.41. The second kappa shape index (κ2) is 10.9. The molecule has 0 aliphatic rings. The van der Waals surface area contributed by atoms with Crippen LogP contribution in [0.25, 0.3) is 0 Å². The van der Waals surface area contributed by atoms with Crippen molar-refractivity contribution in [1.82, 2.24) is 10.6 Å². The van der Waals surface area contributed by atoms with Gasteiger partial charge >= 0.3 is 0 Å². The van der Waals surface area contributed by atoms with Crippen LogP contribution < -0.4 is 16.0 Å². The van der Waals surface area contributed by atoms with Gasteiger partial charge in [-0.2, -0.15) is 0 Å². The summed E-state index contributed by atoms with van der Waals surface area (Å²) < 4.78 is 0.945. The predicted molar refractivity (Wildman–Crippen MR) is 116 cm³/mol. The summed E-state index contributed by atoms with van der Waals surface area (Å²) in [7, 11) is 0. The van der Waals surface area contributed by atoms with Crippen molar-refractivity contribution in [2.45, 2.75) is 46.6 Å². The molecular weight excluding hydrogens is 483 g/mol. The van der Waals surface area contributed by atoms with Crippen LogP contribution in [0.2, 0.25) is 0 Å². The number of nitrogens with one attached hydrogen (secondary N) is 3. The zero-order valence-corrected chi connectivity index (χ0v) is 18.9. The number of guanidine groups is 1. The molecule has 1 amide bonds. The minimum atomic E-state index is -0.0727. The Morgan fingerprint density at radius 2 is 1.96 bits per heavy atom. The summed E-state index contributed by atoms with van der Waals surface area (Å²) in [6.07, 6.45) is 0.340. The number of aryl methyl sites for hydroxylation is 1. The molecule has 1 aromatic rings. The van der Waals surface area contributed by atoms with Gasteiger partial charge in [0.2, 0.25) is 5.91 Å². The molecule has 0 unspecified atom stereocenters. The van der Waals surface area contributed by atoms with E-state index in [0.717, 1.165) is 28.2 Å². The predicted octanol–water partition coefficient (Wildman–Crippen LogP) is 4.06. The topological polar surface area (TPSA) is 65.5 Å². The summed E-state index contributed by atoms with van der Waals surface area (Å²) in [6, 6.07) is 5.83. The Labute approximate surface area is 170 Å². The molecule has 1 aromatic carbocycles. The fourth-order valence-electron chi connectivity index (χ4n) is 1.87. The van der Waals surface area contributed by atoms with Gasteiger partial charge in [0.15, 0.2) is 5.96 Å². The lowest BCUT2D eigenvalue weighted by atomic mass is 10.1. The Bertz CT molecular complexity index is 570. The van der Waals surface area contributed by atoms with Crippen LogP contribution in [0, 0.1) is 6.92 Å². The molecule has 3 N–H and O–H groups in total. The number of aliphatic imine (C=N–C) groups is 1. The van der Waals surface area contributed by atoms with Crippen LogP contribution in [-0.2, 0) is 4.79 Å². The van der Waals surface area contributed by atoms with E-state index in [1.807, 2.05) is 32.0 Å². The van der Waals surface area contributed by atoms with Gasteiger partial charge in [0, 0.05) is 28.7 Å². The lowest BCUT2D eigenvalue weighted by Crippen LogP contribution is -2.47. The van der Waals surface area contributed by atoms with Crippen LogP contribution >= 0.6 is 39.9 Å². The van der Waals surface area contributed by atoms with E-state index in [9.17, 15) is 4.79 Å². The molecule has 5 nitrogen and oxygen atoms in total. The molecule has 0 atom stereocenters. The molecule has 0 bridgehead atoms. The lowest BCUT2D eigenvalue weighted by molar-refractivity contribution is -0.116. The minimum absolute atomic E-state index is 0. The lowest BCUT2D eigenvalue weighted by Gasteiger charge is -2.23. The Morgan fingerprint density at radius 1 is 1.29 bits per heavy atom. The van der Waals surface area contributed by atoms with Crippen LogP contribution in [0.3, 0.4) is 0 Å². The number of amides is 1. The molecule has 1 rings (SSSR count). The first kappa shape index (κ1) is 23.2. The normalized spacial score (nSPS) is 11.5. The van der Waals surface area contributed by atoms with Crippen molar-refractivity contribution in [3.63, 3.8) is 0 Å². The smallest absolute Gasteiger partial charge is 0.226 e. The van der Waals surface area contributed by atoms with Crippen molar-refractivity contribution in [1.29, 1.82) is 0 Å². The standard InChI is InChI=1S/C17H27BrN4O.HI/c1-6-19-16(22-17(3,4)5)20-10-9-15(23)21-14-11-13(18)8-7-12(14)2;/h7-8,11H,6,9-10H2,1-5H3,(H,21,23)(H2,19,20,22);1H. The number of halogens is 2. The Hall–Kier alpha value is -0.830. The number of hydrogen-bond donors (Lipinski definition) is 3. The van der Waals surface area contributed by atoms with E-state index < -0.39 is 0 Å². The number of carbonyl (C=O) groups excluding carboxylic acids is 1. The zero-order chi connectivity index (χ0) is 17.5. The highest BCUT2D eigenvalue weighted by Gasteiger charge is 2.12. The molecule has 0 radical (unpaired) electrons. The molecule has 0 aliphatic carbocycles. The maximum absolute atomic E-state index is 12.1. The summed E-state index contributed by atoms with van der Waals surface area (Å²) >= 11 is 3.41. The highest BCUT2D eigenvalue weighted by Crippen LogP contribution is 2.20. The highest BCUT2D eigenvalue weighted by molar-refractivity contribution is 14.0. The fraction of sp³-hybridized carbons (Fsp3) is 0.529. The summed E-state index contributed by atoms with van der Waals surface area (Å²) in [5, 5.41) is 9.40. The van der Waals surface area contributed by atoms with Crippen LogP contribution in [-0.4, -0.2) is 30.5 Å². The first-order valence-electron chi connectivity index (χ1n) is 7.84. The molecule has 0 saturated heterocycles. The molecular formula is C17H28BrIN4O. The van der Waals surface area contributed by atoms with E-state index in [0.29, 0.717) is 13.0 Å². The number of benzene rings is 1. The van der Waals surface area contributed by atoms with Crippen LogP contribution in [0.1, 0.15) is 39.7 Å². The molecule has 0 aliphatic heterocycles. The van der Waals surface area contributed by atoms with Gasteiger partial charge in [0.25, 0.3) is 0 Å². The average Bonchev–Trinajstić information content (AvgIpc) is 2.41. The van der Waals surface area contributed by atoms with Gasteiger partial charge < -0.3 is 16.0 Å². The molecule has 136 valence electrons. The van der Waals surface area contributed by atoms with Crippen molar-refractivity contribution in [2.75, 3.05) is 18.4 Å². The van der Waals surface area contributed by atoms with Crippen molar-refractivity contribution in [3.05, 3.63) is 28.2 Å². The number of hydrogen-bond acceptors (Lipinski definition) is 2. The van der Waals surface area contributed by atoms with Gasteiger partial charge in [-0.3, -0.25) is 9.79 Å². The van der Waals surface area contributed by atoms with E-state index >= 15 is 0 Å². The van der Waals surface area contributed by atoms with Gasteiger partial charge in [-0.15, -0.1) is 24.0 Å². The summed E-state index contributed by atoms with van der Waals surface area (Å²) in [5.41, 5.74) is 1.79. The SMILES string of the molecule is CCNC(=NCCC(=O)Nc1cc(Br)ccc1C)NC(C)(C)C.I. The maximum Gasteiger partial charge on any atom is 0.226 e. The van der Waals surface area contributed by atoms with Crippen molar-refractivity contribution in [3.8, 4) is 0 Å². The summed E-state index contributed by atoms with van der Waals surface area (Å²) in [6.45, 7) is 11.4. The zero-order valence-electron chi connectivity index (χ0n) is 15.0. The van der Waals surface area contributed by atoms with Gasteiger partial charge in [-0.25, -0.2) is 0 Å². The van der Waals surface area contributed by atoms with E-state index in [1.165, 1.54) is 0 Å². The van der Waals surface area contributed by atoms with Crippen LogP contribution in [0.15, 0.2) is 27.7 Å². The molecule has 0 aromatic heterocycles. The molecule has 0 spiro atoms. The number of carbonyl (C=O) groups is 1. The first-order valence-corrected chi connectivity index (χ1v) is 8.63. The van der Waals surface area contributed by atoms with E-state index in [-0.39, 0.29) is 35.4 Å². The third-order valence-electron chi connectivity index (χ3n) is 2.92.